The Balaban J connectivity index is 0.000000178. The summed E-state index contributed by atoms with van der Waals surface area (Å²) in [5.74, 6) is 0. The van der Waals surface area contributed by atoms with Crippen LogP contribution in [0.15, 0.2) is 231 Å². The van der Waals surface area contributed by atoms with Crippen molar-refractivity contribution in [2.24, 2.45) is 0 Å². The fraction of sp³-hybridized carbons (Fsp3) is 0.127. The molecular formula is C55H53CuF3NP3+2. The van der Waals surface area contributed by atoms with Crippen molar-refractivity contribution in [1.82, 2.24) is 0 Å². The van der Waals surface area contributed by atoms with Gasteiger partial charge in [0.2, 0.25) is 0 Å². The van der Waals surface area contributed by atoms with Gasteiger partial charge in [-0.2, -0.15) is 13.2 Å². The standard InChI is InChI=1S/C19H23F3NP.2C18H15P.Cu/c1-13(2)24(14(3)4)18-11-10-15(19(20,21)22)12-17(18)23-16-8-6-5-7-9-16;2*1-4-10-16(11-5-1)19(17-12-6-2-7-13-17)18-14-8-3-9-15-18;/h5-14,23H,1-4H3;2*1-15H;/q;;;+2. The topological polar surface area (TPSA) is 12.0 Å². The summed E-state index contributed by atoms with van der Waals surface area (Å²) in [6.45, 7) is 8.54. The van der Waals surface area contributed by atoms with Crippen LogP contribution in [0.25, 0.3) is 0 Å². The third-order valence-electron chi connectivity index (χ3n) is 9.85. The van der Waals surface area contributed by atoms with Crippen LogP contribution in [0.3, 0.4) is 0 Å². The van der Waals surface area contributed by atoms with Gasteiger partial charge in [-0.15, -0.1) is 0 Å². The third-order valence-corrected chi connectivity index (χ3v) is 17.9. The Morgan fingerprint density at radius 3 is 0.905 bits per heavy atom. The predicted molar refractivity (Wildman–Crippen MR) is 268 cm³/mol. The van der Waals surface area contributed by atoms with Crippen LogP contribution >= 0.6 is 23.8 Å². The molecular weight excluding hydrogens is 888 g/mol. The predicted octanol–water partition coefficient (Wildman–Crippen LogP) is 13.3. The summed E-state index contributed by atoms with van der Waals surface area (Å²) >= 11 is 0. The molecule has 1 radical (unpaired) electrons. The smallest absolute Gasteiger partial charge is 0.355 e. The number of hydrogen-bond donors (Lipinski definition) is 1. The van der Waals surface area contributed by atoms with Gasteiger partial charge in [0, 0.05) is 11.4 Å². The van der Waals surface area contributed by atoms with Crippen LogP contribution in [0.4, 0.5) is 24.5 Å². The summed E-state index contributed by atoms with van der Waals surface area (Å²) in [7, 11) is -1.46. The van der Waals surface area contributed by atoms with Crippen LogP contribution in [-0.2, 0) is 23.2 Å². The molecule has 1 nitrogen and oxygen atoms in total. The molecule has 0 unspecified atom stereocenters. The maximum atomic E-state index is 13.1. The minimum Gasteiger partial charge on any atom is -0.355 e. The summed E-state index contributed by atoms with van der Waals surface area (Å²) in [4.78, 5) is 0. The number of hydrogen-bond acceptors (Lipinski definition) is 1. The number of rotatable bonds is 11. The van der Waals surface area contributed by atoms with Gasteiger partial charge >= 0.3 is 23.2 Å². The summed E-state index contributed by atoms with van der Waals surface area (Å²) in [5, 5.41) is 12.6. The third kappa shape index (κ3) is 14.3. The summed E-state index contributed by atoms with van der Waals surface area (Å²) < 4.78 is 39.4. The molecule has 8 aromatic rings. The van der Waals surface area contributed by atoms with Crippen molar-refractivity contribution in [3.05, 3.63) is 236 Å². The monoisotopic (exact) mass is 940 g/mol. The second-order valence-corrected chi connectivity index (χ2v) is 22.8. The van der Waals surface area contributed by atoms with E-state index in [0.29, 0.717) is 17.0 Å². The first-order valence-corrected chi connectivity index (χ1v) is 25.0. The SMILES string of the molecule is CC(C)P(c1ccc(C(F)(F)F)cc1Nc1ccccc1)C(C)C.[Cu+2].c1ccc(P(c2ccccc2)c2ccccc2)cc1.c1ccc(P(c2ccccc2)c2ccccc2)cc1. The molecule has 0 heterocycles. The zero-order chi connectivity index (χ0) is 43.7. The van der Waals surface area contributed by atoms with Crippen LogP contribution < -0.4 is 42.4 Å². The molecule has 0 bridgehead atoms. The molecule has 0 aliphatic rings. The number of benzene rings is 8. The number of alkyl halides is 3. The maximum absolute atomic E-state index is 13.1. The Morgan fingerprint density at radius 1 is 0.381 bits per heavy atom. The van der Waals surface area contributed by atoms with E-state index in [-0.39, 0.29) is 17.1 Å². The van der Waals surface area contributed by atoms with Crippen LogP contribution in [0.2, 0.25) is 0 Å². The minimum absolute atomic E-state index is 0. The van der Waals surface area contributed by atoms with Crippen molar-refractivity contribution >= 4 is 72.3 Å². The molecule has 323 valence electrons. The normalized spacial score (nSPS) is 11.0. The van der Waals surface area contributed by atoms with Crippen molar-refractivity contribution in [1.29, 1.82) is 0 Å². The number of nitrogens with one attached hydrogen (secondary N) is 1. The summed E-state index contributed by atoms with van der Waals surface area (Å²) in [6, 6.07) is 78.1. The average molecular weight is 941 g/mol. The molecule has 0 spiro atoms. The molecule has 0 atom stereocenters. The molecule has 0 saturated heterocycles. The Hall–Kier alpha value is -4.84. The quantitative estimate of drug-likeness (QED) is 0.101. The van der Waals surface area contributed by atoms with Crippen molar-refractivity contribution in [2.75, 3.05) is 5.32 Å². The van der Waals surface area contributed by atoms with Gasteiger partial charge in [0.1, 0.15) is 0 Å². The molecule has 0 aliphatic heterocycles. The van der Waals surface area contributed by atoms with E-state index in [1.807, 2.05) is 30.3 Å². The van der Waals surface area contributed by atoms with E-state index < -0.39 is 35.5 Å². The van der Waals surface area contributed by atoms with Gasteiger partial charge in [-0.05, 0) is 88.6 Å². The molecule has 8 aromatic carbocycles. The first-order valence-electron chi connectivity index (χ1n) is 20.8. The maximum Gasteiger partial charge on any atom is 2.00 e. The summed E-state index contributed by atoms with van der Waals surface area (Å²) in [5.41, 5.74) is 1.53. The van der Waals surface area contributed by atoms with Crippen LogP contribution in [0, 0.1) is 0 Å². The second kappa shape index (κ2) is 24.9. The zero-order valence-electron chi connectivity index (χ0n) is 35.9. The fourth-order valence-corrected chi connectivity index (χ4v) is 14.8. The Labute approximate surface area is 387 Å². The molecule has 8 rings (SSSR count). The van der Waals surface area contributed by atoms with Crippen molar-refractivity contribution < 1.29 is 30.2 Å². The Kier molecular flexibility index (Phi) is 19.4. The van der Waals surface area contributed by atoms with E-state index in [0.717, 1.165) is 11.0 Å². The van der Waals surface area contributed by atoms with E-state index in [9.17, 15) is 13.2 Å². The van der Waals surface area contributed by atoms with Crippen LogP contribution in [0.5, 0.6) is 0 Å². The van der Waals surface area contributed by atoms with Gasteiger partial charge in [-0.1, -0.05) is 242 Å². The van der Waals surface area contributed by atoms with Crippen LogP contribution in [0.1, 0.15) is 33.3 Å². The minimum atomic E-state index is -4.34. The molecule has 0 aliphatic carbocycles. The van der Waals surface area contributed by atoms with Gasteiger partial charge in [0.05, 0.1) is 5.56 Å². The Bertz CT molecular complexity index is 2160. The van der Waals surface area contributed by atoms with E-state index in [2.05, 4.69) is 215 Å². The molecule has 0 amide bonds. The number of para-hydroxylation sites is 1. The van der Waals surface area contributed by atoms with E-state index in [1.54, 1.807) is 6.07 Å². The average Bonchev–Trinajstić information content (AvgIpc) is 3.30. The van der Waals surface area contributed by atoms with Crippen molar-refractivity contribution in [3.63, 3.8) is 0 Å². The number of anilines is 2. The van der Waals surface area contributed by atoms with Crippen molar-refractivity contribution in [3.8, 4) is 0 Å². The van der Waals surface area contributed by atoms with Gasteiger partial charge in [0.25, 0.3) is 0 Å². The van der Waals surface area contributed by atoms with E-state index in [1.165, 1.54) is 44.0 Å². The number of halogens is 3. The first-order chi connectivity index (χ1) is 30.1. The van der Waals surface area contributed by atoms with Gasteiger partial charge < -0.3 is 5.32 Å². The Morgan fingerprint density at radius 2 is 0.651 bits per heavy atom. The molecule has 63 heavy (non-hydrogen) atoms. The van der Waals surface area contributed by atoms with E-state index in [4.69, 9.17) is 0 Å². The van der Waals surface area contributed by atoms with E-state index >= 15 is 0 Å². The van der Waals surface area contributed by atoms with Gasteiger partial charge in [-0.3, -0.25) is 0 Å². The molecule has 0 aromatic heterocycles. The summed E-state index contributed by atoms with van der Waals surface area (Å²) in [6.07, 6.45) is -4.34. The zero-order valence-corrected chi connectivity index (χ0v) is 39.5. The largest absolute Gasteiger partial charge is 2.00 e. The van der Waals surface area contributed by atoms with Crippen molar-refractivity contribution in [2.45, 2.75) is 45.2 Å². The molecule has 0 saturated carbocycles. The van der Waals surface area contributed by atoms with Crippen LogP contribution in [-0.4, -0.2) is 11.3 Å². The molecule has 8 heteroatoms. The van der Waals surface area contributed by atoms with Gasteiger partial charge in [0.15, 0.2) is 0 Å². The fourth-order valence-electron chi connectivity index (χ4n) is 7.22. The van der Waals surface area contributed by atoms with Gasteiger partial charge in [-0.25, -0.2) is 0 Å². The first kappa shape index (κ1) is 49.2. The molecule has 0 fully saturated rings. The second-order valence-electron chi connectivity index (χ2n) is 15.0. The molecule has 1 N–H and O–H groups in total.